The molecule has 0 atom stereocenters. The van der Waals surface area contributed by atoms with Crippen LogP contribution in [0.5, 0.6) is 0 Å². The van der Waals surface area contributed by atoms with Crippen molar-refractivity contribution in [2.24, 2.45) is 0 Å². The van der Waals surface area contributed by atoms with Crippen LogP contribution in [0.1, 0.15) is 11.1 Å². The maximum absolute atomic E-state index is 12.4. The Morgan fingerprint density at radius 3 is 3.04 bits per heavy atom. The van der Waals surface area contributed by atoms with Gasteiger partial charge in [-0.1, -0.05) is 18.2 Å². The molecule has 0 saturated carbocycles. The van der Waals surface area contributed by atoms with Gasteiger partial charge >= 0.3 is 0 Å². The second-order valence-corrected chi connectivity index (χ2v) is 6.10. The van der Waals surface area contributed by atoms with Gasteiger partial charge in [0.25, 0.3) is 0 Å². The molecule has 0 aliphatic carbocycles. The number of carbonyl (C=O) groups excluding carboxylic acids is 1. The Morgan fingerprint density at radius 2 is 2.13 bits per heavy atom. The highest BCUT2D eigenvalue weighted by atomic mass is 16.1. The summed E-state index contributed by atoms with van der Waals surface area (Å²) in [6, 6.07) is 14.2. The fourth-order valence-electron chi connectivity index (χ4n) is 3.30. The standard InChI is InChI=1S/C19H19N3O/c1-22-9-8-13-10-15(6-7-18(13)22)21-19(23)11-14-12-20-17-5-3-2-4-16(14)17/h2-7,10,12,20H,8-9,11H2,1H3,(H,21,23). The van der Waals surface area contributed by atoms with Crippen molar-refractivity contribution in [3.05, 3.63) is 59.8 Å². The number of rotatable bonds is 3. The van der Waals surface area contributed by atoms with E-state index in [9.17, 15) is 4.79 Å². The number of hydrogen-bond donors (Lipinski definition) is 2. The third kappa shape index (κ3) is 2.57. The van der Waals surface area contributed by atoms with Crippen LogP contribution in [-0.4, -0.2) is 24.5 Å². The second-order valence-electron chi connectivity index (χ2n) is 6.10. The van der Waals surface area contributed by atoms with E-state index in [0.29, 0.717) is 6.42 Å². The number of para-hydroxylation sites is 1. The number of nitrogens with zero attached hydrogens (tertiary/aromatic N) is 1. The largest absolute Gasteiger partial charge is 0.374 e. The van der Waals surface area contributed by atoms with Gasteiger partial charge in [-0.3, -0.25) is 4.79 Å². The van der Waals surface area contributed by atoms with E-state index in [-0.39, 0.29) is 5.91 Å². The molecule has 0 bridgehead atoms. The summed E-state index contributed by atoms with van der Waals surface area (Å²) in [7, 11) is 2.10. The van der Waals surface area contributed by atoms with Crippen molar-refractivity contribution in [3.8, 4) is 0 Å². The highest BCUT2D eigenvalue weighted by Crippen LogP contribution is 2.29. The van der Waals surface area contributed by atoms with E-state index in [4.69, 9.17) is 0 Å². The Hall–Kier alpha value is -2.75. The molecule has 1 amide bonds. The van der Waals surface area contributed by atoms with Crippen LogP contribution in [0.15, 0.2) is 48.7 Å². The van der Waals surface area contributed by atoms with Crippen LogP contribution in [-0.2, 0) is 17.6 Å². The molecule has 1 aliphatic heterocycles. The van der Waals surface area contributed by atoms with E-state index in [2.05, 4.69) is 34.4 Å². The topological polar surface area (TPSA) is 48.1 Å². The number of hydrogen-bond acceptors (Lipinski definition) is 2. The molecule has 116 valence electrons. The molecule has 0 saturated heterocycles. The van der Waals surface area contributed by atoms with Crippen molar-refractivity contribution in [1.29, 1.82) is 0 Å². The lowest BCUT2D eigenvalue weighted by atomic mass is 10.1. The van der Waals surface area contributed by atoms with Gasteiger partial charge in [0.05, 0.1) is 6.42 Å². The van der Waals surface area contributed by atoms with Crippen LogP contribution < -0.4 is 10.2 Å². The zero-order valence-electron chi connectivity index (χ0n) is 13.1. The first-order chi connectivity index (χ1) is 11.2. The van der Waals surface area contributed by atoms with Crippen molar-refractivity contribution in [2.45, 2.75) is 12.8 Å². The monoisotopic (exact) mass is 305 g/mol. The van der Waals surface area contributed by atoms with E-state index >= 15 is 0 Å². The molecule has 0 radical (unpaired) electrons. The summed E-state index contributed by atoms with van der Waals surface area (Å²) in [6.45, 7) is 1.04. The van der Waals surface area contributed by atoms with Crippen LogP contribution >= 0.6 is 0 Å². The molecular weight excluding hydrogens is 286 g/mol. The van der Waals surface area contributed by atoms with E-state index in [0.717, 1.165) is 35.1 Å². The van der Waals surface area contributed by atoms with Gasteiger partial charge in [0.2, 0.25) is 5.91 Å². The number of likely N-dealkylation sites (N-methyl/N-ethyl adjacent to an activating group) is 1. The molecule has 3 aromatic rings. The highest BCUT2D eigenvalue weighted by Gasteiger charge is 2.16. The minimum atomic E-state index is 0.0149. The van der Waals surface area contributed by atoms with E-state index in [1.165, 1.54) is 11.3 Å². The number of amides is 1. The predicted octanol–water partition coefficient (Wildman–Crippen LogP) is 3.34. The molecule has 4 nitrogen and oxygen atoms in total. The minimum Gasteiger partial charge on any atom is -0.374 e. The first-order valence-corrected chi connectivity index (χ1v) is 7.89. The second kappa shape index (κ2) is 5.47. The molecule has 0 spiro atoms. The van der Waals surface area contributed by atoms with Gasteiger partial charge in [-0.05, 0) is 41.8 Å². The summed E-state index contributed by atoms with van der Waals surface area (Å²) in [5.41, 5.74) is 5.54. The predicted molar refractivity (Wildman–Crippen MR) is 94.0 cm³/mol. The fraction of sp³-hybridized carbons (Fsp3) is 0.211. The number of fused-ring (bicyclic) bond motifs is 2. The number of benzene rings is 2. The number of anilines is 2. The number of carbonyl (C=O) groups is 1. The first kappa shape index (κ1) is 13.9. The lowest BCUT2D eigenvalue weighted by Gasteiger charge is -2.12. The summed E-state index contributed by atoms with van der Waals surface area (Å²) >= 11 is 0. The Kier molecular flexibility index (Phi) is 3.30. The smallest absolute Gasteiger partial charge is 0.228 e. The third-order valence-electron chi connectivity index (χ3n) is 4.52. The maximum Gasteiger partial charge on any atom is 0.228 e. The van der Waals surface area contributed by atoms with Gasteiger partial charge in [-0.2, -0.15) is 0 Å². The summed E-state index contributed by atoms with van der Waals surface area (Å²) in [5.74, 6) is 0.0149. The van der Waals surface area contributed by atoms with Crippen LogP contribution in [0, 0.1) is 0 Å². The molecule has 1 aromatic heterocycles. The Balaban J connectivity index is 1.50. The molecule has 1 aliphatic rings. The minimum absolute atomic E-state index is 0.0149. The van der Waals surface area contributed by atoms with Crippen LogP contribution in [0.4, 0.5) is 11.4 Å². The number of aromatic amines is 1. The lowest BCUT2D eigenvalue weighted by Crippen LogP contribution is -2.14. The van der Waals surface area contributed by atoms with Crippen molar-refractivity contribution < 1.29 is 4.79 Å². The SMILES string of the molecule is CN1CCc2cc(NC(=O)Cc3c[nH]c4ccccc34)ccc21. The van der Waals surface area contributed by atoms with Gasteiger partial charge in [-0.25, -0.2) is 0 Å². The van der Waals surface area contributed by atoms with E-state index in [1.54, 1.807) is 0 Å². The zero-order valence-corrected chi connectivity index (χ0v) is 13.1. The van der Waals surface area contributed by atoms with Gasteiger partial charge in [0.15, 0.2) is 0 Å². The molecule has 4 rings (SSSR count). The van der Waals surface area contributed by atoms with E-state index in [1.807, 2.05) is 36.5 Å². The molecular formula is C19H19N3O. The van der Waals surface area contributed by atoms with Crippen molar-refractivity contribution >= 4 is 28.2 Å². The average molecular weight is 305 g/mol. The van der Waals surface area contributed by atoms with E-state index < -0.39 is 0 Å². The summed E-state index contributed by atoms with van der Waals surface area (Å²) < 4.78 is 0. The van der Waals surface area contributed by atoms with Crippen molar-refractivity contribution in [2.75, 3.05) is 23.8 Å². The number of aromatic nitrogens is 1. The molecule has 2 heterocycles. The molecule has 2 aromatic carbocycles. The van der Waals surface area contributed by atoms with Crippen molar-refractivity contribution in [1.82, 2.24) is 4.98 Å². The van der Waals surface area contributed by atoms with Crippen LogP contribution in [0.3, 0.4) is 0 Å². The lowest BCUT2D eigenvalue weighted by molar-refractivity contribution is -0.115. The number of nitrogens with one attached hydrogen (secondary N) is 2. The highest BCUT2D eigenvalue weighted by molar-refractivity contribution is 5.96. The Bertz CT molecular complexity index is 881. The number of H-pyrrole nitrogens is 1. The summed E-state index contributed by atoms with van der Waals surface area (Å²) in [5, 5.41) is 4.13. The van der Waals surface area contributed by atoms with Gasteiger partial charge in [0.1, 0.15) is 0 Å². The fourth-order valence-corrected chi connectivity index (χ4v) is 3.30. The molecule has 0 unspecified atom stereocenters. The van der Waals surface area contributed by atoms with Gasteiger partial charge < -0.3 is 15.2 Å². The normalized spacial score (nSPS) is 13.3. The summed E-state index contributed by atoms with van der Waals surface area (Å²) in [6.07, 6.45) is 3.33. The quantitative estimate of drug-likeness (QED) is 0.779. The van der Waals surface area contributed by atoms with Gasteiger partial charge in [0, 0.05) is 42.1 Å². The Morgan fingerprint density at radius 1 is 1.26 bits per heavy atom. The van der Waals surface area contributed by atoms with Crippen molar-refractivity contribution in [3.63, 3.8) is 0 Å². The molecule has 4 heteroatoms. The molecule has 0 fully saturated rings. The summed E-state index contributed by atoms with van der Waals surface area (Å²) in [4.78, 5) is 17.8. The first-order valence-electron chi connectivity index (χ1n) is 7.89. The van der Waals surface area contributed by atoms with Crippen LogP contribution in [0.25, 0.3) is 10.9 Å². The average Bonchev–Trinajstić information content (AvgIpc) is 3.12. The van der Waals surface area contributed by atoms with Crippen LogP contribution in [0.2, 0.25) is 0 Å². The Labute approximate surface area is 135 Å². The third-order valence-corrected chi connectivity index (χ3v) is 4.52. The zero-order chi connectivity index (χ0) is 15.8. The van der Waals surface area contributed by atoms with Gasteiger partial charge in [-0.15, -0.1) is 0 Å². The molecule has 23 heavy (non-hydrogen) atoms. The molecule has 2 N–H and O–H groups in total. The maximum atomic E-state index is 12.4.